The van der Waals surface area contributed by atoms with Crippen LogP contribution in [0.25, 0.3) is 0 Å². The van der Waals surface area contributed by atoms with Crippen molar-refractivity contribution in [1.82, 2.24) is 14.9 Å². The van der Waals surface area contributed by atoms with Gasteiger partial charge in [0.15, 0.2) is 0 Å². The molecule has 1 amide bonds. The van der Waals surface area contributed by atoms with Crippen LogP contribution in [0.15, 0.2) is 36.7 Å². The predicted octanol–water partition coefficient (Wildman–Crippen LogP) is 3.97. The fourth-order valence-corrected chi connectivity index (χ4v) is 2.90. The highest BCUT2D eigenvalue weighted by atomic mass is 16.2. The number of anilines is 2. The third-order valence-corrected chi connectivity index (χ3v) is 4.38. The number of piperidine rings is 1. The van der Waals surface area contributed by atoms with E-state index >= 15 is 0 Å². The first-order chi connectivity index (χ1) is 11.6. The van der Waals surface area contributed by atoms with Crippen LogP contribution < -0.4 is 5.32 Å². The Kier molecular flexibility index (Phi) is 5.08. The van der Waals surface area contributed by atoms with Crippen molar-refractivity contribution in [3.8, 4) is 0 Å². The molecule has 0 saturated carbocycles. The van der Waals surface area contributed by atoms with Gasteiger partial charge in [-0.1, -0.05) is 26.0 Å². The summed E-state index contributed by atoms with van der Waals surface area (Å²) in [6.45, 7) is 5.99. The van der Waals surface area contributed by atoms with Gasteiger partial charge in [0, 0.05) is 24.8 Å². The van der Waals surface area contributed by atoms with Gasteiger partial charge in [0.05, 0.1) is 0 Å². The Morgan fingerprint density at radius 1 is 1.08 bits per heavy atom. The number of hydrogen-bond donors (Lipinski definition) is 1. The molecule has 1 aromatic carbocycles. The zero-order valence-corrected chi connectivity index (χ0v) is 14.3. The molecule has 0 bridgehead atoms. The van der Waals surface area contributed by atoms with Crippen LogP contribution in [0.4, 0.5) is 11.5 Å². The molecule has 2 heterocycles. The third kappa shape index (κ3) is 3.91. The largest absolute Gasteiger partial charge is 0.340 e. The summed E-state index contributed by atoms with van der Waals surface area (Å²) in [5.41, 5.74) is 2.70. The molecule has 1 aliphatic rings. The highest BCUT2D eigenvalue weighted by Crippen LogP contribution is 2.20. The molecule has 1 aliphatic heterocycles. The lowest BCUT2D eigenvalue weighted by molar-refractivity contribution is 0.0718. The summed E-state index contributed by atoms with van der Waals surface area (Å²) in [4.78, 5) is 22.8. The van der Waals surface area contributed by atoms with Crippen LogP contribution in [0.1, 0.15) is 55.1 Å². The van der Waals surface area contributed by atoms with E-state index < -0.39 is 0 Å². The Balaban J connectivity index is 1.71. The molecule has 0 unspecified atom stereocenters. The fourth-order valence-electron chi connectivity index (χ4n) is 2.90. The van der Waals surface area contributed by atoms with Crippen LogP contribution in [-0.4, -0.2) is 33.9 Å². The van der Waals surface area contributed by atoms with Crippen molar-refractivity contribution < 1.29 is 4.79 Å². The maximum Gasteiger partial charge on any atom is 0.272 e. The normalized spacial score (nSPS) is 14.7. The minimum absolute atomic E-state index is 0.00435. The molecule has 0 aliphatic carbocycles. The van der Waals surface area contributed by atoms with Crippen LogP contribution in [0.3, 0.4) is 0 Å². The Hall–Kier alpha value is -2.43. The molecule has 0 spiro atoms. The van der Waals surface area contributed by atoms with Crippen molar-refractivity contribution in [2.24, 2.45) is 0 Å². The van der Waals surface area contributed by atoms with Gasteiger partial charge in [0.25, 0.3) is 5.91 Å². The standard InChI is InChI=1S/C19H24N4O/c1-14(2)15-6-8-16(9-7-15)22-18-12-17(20-13-21-18)19(24)23-10-4-3-5-11-23/h6-9,12-14H,3-5,10-11H2,1-2H3,(H,20,21,22). The first-order valence-corrected chi connectivity index (χ1v) is 8.62. The number of hydrogen-bond acceptors (Lipinski definition) is 4. The number of benzene rings is 1. The second kappa shape index (κ2) is 7.43. The zero-order valence-electron chi connectivity index (χ0n) is 14.3. The minimum atomic E-state index is -0.00435. The highest BCUT2D eigenvalue weighted by Gasteiger charge is 2.19. The van der Waals surface area contributed by atoms with E-state index in [1.54, 1.807) is 6.07 Å². The zero-order chi connectivity index (χ0) is 16.9. The van der Waals surface area contributed by atoms with E-state index in [-0.39, 0.29) is 5.91 Å². The van der Waals surface area contributed by atoms with Gasteiger partial charge in [0.1, 0.15) is 17.8 Å². The van der Waals surface area contributed by atoms with Gasteiger partial charge in [-0.25, -0.2) is 9.97 Å². The Morgan fingerprint density at radius 2 is 1.79 bits per heavy atom. The average Bonchev–Trinajstić information content (AvgIpc) is 2.62. The maximum absolute atomic E-state index is 12.5. The molecule has 2 aromatic rings. The van der Waals surface area contributed by atoms with Crippen molar-refractivity contribution >= 4 is 17.4 Å². The van der Waals surface area contributed by atoms with Gasteiger partial charge >= 0.3 is 0 Å². The second-order valence-corrected chi connectivity index (χ2v) is 6.54. The predicted molar refractivity (Wildman–Crippen MR) is 95.6 cm³/mol. The lowest BCUT2D eigenvalue weighted by atomic mass is 10.0. The third-order valence-electron chi connectivity index (χ3n) is 4.38. The molecule has 0 atom stereocenters. The fraction of sp³-hybridized carbons (Fsp3) is 0.421. The van der Waals surface area contributed by atoms with E-state index in [0.717, 1.165) is 31.6 Å². The number of amides is 1. The van der Waals surface area contributed by atoms with Crippen molar-refractivity contribution in [2.45, 2.75) is 39.0 Å². The van der Waals surface area contributed by atoms with E-state index in [0.29, 0.717) is 17.4 Å². The molecule has 5 nitrogen and oxygen atoms in total. The van der Waals surface area contributed by atoms with Crippen molar-refractivity contribution in [2.75, 3.05) is 18.4 Å². The topological polar surface area (TPSA) is 58.1 Å². The number of carbonyl (C=O) groups is 1. The molecular formula is C19H24N4O. The highest BCUT2D eigenvalue weighted by molar-refractivity contribution is 5.93. The molecule has 5 heteroatoms. The lowest BCUT2D eigenvalue weighted by Crippen LogP contribution is -2.36. The second-order valence-electron chi connectivity index (χ2n) is 6.54. The smallest absolute Gasteiger partial charge is 0.272 e. The van der Waals surface area contributed by atoms with Crippen LogP contribution in [0.5, 0.6) is 0 Å². The van der Waals surface area contributed by atoms with Crippen LogP contribution >= 0.6 is 0 Å². The molecule has 126 valence electrons. The first kappa shape index (κ1) is 16.4. The molecule has 1 aromatic heterocycles. The van der Waals surface area contributed by atoms with Gasteiger partial charge in [0.2, 0.25) is 0 Å². The van der Waals surface area contributed by atoms with Crippen LogP contribution in [0, 0.1) is 0 Å². The molecule has 24 heavy (non-hydrogen) atoms. The van der Waals surface area contributed by atoms with Crippen LogP contribution in [0.2, 0.25) is 0 Å². The molecule has 0 radical (unpaired) electrons. The number of rotatable bonds is 4. The number of nitrogens with zero attached hydrogens (tertiary/aromatic N) is 3. The number of aromatic nitrogens is 2. The maximum atomic E-state index is 12.5. The SMILES string of the molecule is CC(C)c1ccc(Nc2cc(C(=O)N3CCCCC3)ncn2)cc1. The van der Waals surface area contributed by atoms with Gasteiger partial charge in [-0.15, -0.1) is 0 Å². The molecule has 1 fully saturated rings. The summed E-state index contributed by atoms with van der Waals surface area (Å²) in [6.07, 6.45) is 4.79. The molecule has 3 rings (SSSR count). The summed E-state index contributed by atoms with van der Waals surface area (Å²) in [5.74, 6) is 1.14. The van der Waals surface area contributed by atoms with E-state index in [4.69, 9.17) is 0 Å². The summed E-state index contributed by atoms with van der Waals surface area (Å²) in [6, 6.07) is 10.0. The summed E-state index contributed by atoms with van der Waals surface area (Å²) >= 11 is 0. The Bertz CT molecular complexity index is 691. The quantitative estimate of drug-likeness (QED) is 0.924. The van der Waals surface area contributed by atoms with E-state index in [1.165, 1.54) is 18.3 Å². The molecular weight excluding hydrogens is 300 g/mol. The Labute approximate surface area is 143 Å². The average molecular weight is 324 g/mol. The minimum Gasteiger partial charge on any atom is -0.340 e. The van der Waals surface area contributed by atoms with E-state index in [9.17, 15) is 4.79 Å². The first-order valence-electron chi connectivity index (χ1n) is 8.62. The number of likely N-dealkylation sites (tertiary alicyclic amines) is 1. The monoisotopic (exact) mass is 324 g/mol. The lowest BCUT2D eigenvalue weighted by Gasteiger charge is -2.26. The molecule has 1 saturated heterocycles. The van der Waals surface area contributed by atoms with E-state index in [2.05, 4.69) is 41.3 Å². The van der Waals surface area contributed by atoms with E-state index in [1.807, 2.05) is 17.0 Å². The molecule has 1 N–H and O–H groups in total. The number of carbonyl (C=O) groups excluding carboxylic acids is 1. The van der Waals surface area contributed by atoms with Gasteiger partial charge in [-0.3, -0.25) is 4.79 Å². The van der Waals surface area contributed by atoms with Crippen molar-refractivity contribution in [1.29, 1.82) is 0 Å². The summed E-state index contributed by atoms with van der Waals surface area (Å²) < 4.78 is 0. The van der Waals surface area contributed by atoms with Crippen LogP contribution in [-0.2, 0) is 0 Å². The van der Waals surface area contributed by atoms with Crippen molar-refractivity contribution in [3.05, 3.63) is 47.9 Å². The van der Waals surface area contributed by atoms with Gasteiger partial charge in [-0.2, -0.15) is 0 Å². The van der Waals surface area contributed by atoms with Gasteiger partial charge < -0.3 is 10.2 Å². The summed E-state index contributed by atoms with van der Waals surface area (Å²) in [7, 11) is 0. The van der Waals surface area contributed by atoms with Crippen molar-refractivity contribution in [3.63, 3.8) is 0 Å². The Morgan fingerprint density at radius 3 is 2.46 bits per heavy atom. The number of nitrogens with one attached hydrogen (secondary N) is 1. The summed E-state index contributed by atoms with van der Waals surface area (Å²) in [5, 5.41) is 3.25. The van der Waals surface area contributed by atoms with Gasteiger partial charge in [-0.05, 0) is 42.9 Å².